The van der Waals surface area contributed by atoms with Crippen LogP contribution in [0.25, 0.3) is 0 Å². The highest BCUT2D eigenvalue weighted by Crippen LogP contribution is 2.13. The van der Waals surface area contributed by atoms with Crippen LogP contribution in [0.5, 0.6) is 0 Å². The number of allylic oxidation sites excluding steroid dienone is 10. The van der Waals surface area contributed by atoms with Gasteiger partial charge in [0, 0.05) is 0 Å². The Hall–Kier alpha value is -1.30. The third-order valence-electron chi connectivity index (χ3n) is 4.86. The molecule has 0 heteroatoms. The van der Waals surface area contributed by atoms with Gasteiger partial charge in [0.15, 0.2) is 0 Å². The minimum Gasteiger partial charge on any atom is -0.0856 e. The molecule has 0 saturated carbocycles. The molecule has 0 aromatic rings. The van der Waals surface area contributed by atoms with Gasteiger partial charge >= 0.3 is 0 Å². The molecule has 0 unspecified atom stereocenters. The Labute approximate surface area is 164 Å². The third-order valence-corrected chi connectivity index (χ3v) is 4.86. The molecule has 0 aliphatic heterocycles. The van der Waals surface area contributed by atoms with Gasteiger partial charge in [-0.1, -0.05) is 65.2 Å². The maximum atomic E-state index is 2.43. The van der Waals surface area contributed by atoms with Crippen molar-refractivity contribution in [3.05, 3.63) is 58.2 Å². The second-order valence-corrected chi connectivity index (χ2v) is 8.03. The van der Waals surface area contributed by atoms with Gasteiger partial charge in [-0.2, -0.15) is 0 Å². The summed E-state index contributed by atoms with van der Waals surface area (Å²) < 4.78 is 0. The van der Waals surface area contributed by atoms with Crippen molar-refractivity contribution in [2.45, 2.75) is 106 Å². The van der Waals surface area contributed by atoms with Crippen LogP contribution < -0.4 is 0 Å². The van der Waals surface area contributed by atoms with E-state index in [1.54, 1.807) is 0 Å². The van der Waals surface area contributed by atoms with Crippen LogP contribution in [-0.4, -0.2) is 0 Å². The van der Waals surface area contributed by atoms with Gasteiger partial charge < -0.3 is 0 Å². The van der Waals surface area contributed by atoms with Gasteiger partial charge in [0.2, 0.25) is 0 Å². The van der Waals surface area contributed by atoms with Crippen LogP contribution in [0.4, 0.5) is 0 Å². The first-order valence-corrected chi connectivity index (χ1v) is 10.6. The Balaban J connectivity index is 4.00. The van der Waals surface area contributed by atoms with E-state index in [0.717, 1.165) is 0 Å². The molecule has 0 saturated heterocycles. The van der Waals surface area contributed by atoms with Crippen LogP contribution >= 0.6 is 0 Å². The van der Waals surface area contributed by atoms with Crippen LogP contribution in [0.15, 0.2) is 58.2 Å². The maximum Gasteiger partial charge on any atom is -0.0288 e. The van der Waals surface area contributed by atoms with E-state index < -0.39 is 0 Å². The van der Waals surface area contributed by atoms with Crippen LogP contribution in [0, 0.1) is 0 Å². The quantitative estimate of drug-likeness (QED) is 0.228. The molecule has 0 aromatic heterocycles. The van der Waals surface area contributed by atoms with Gasteiger partial charge in [-0.3, -0.25) is 0 Å². The Morgan fingerprint density at radius 3 is 1.19 bits per heavy atom. The van der Waals surface area contributed by atoms with Crippen LogP contribution in [0.2, 0.25) is 0 Å². The first-order valence-electron chi connectivity index (χ1n) is 10.6. The number of rotatable bonds is 13. The summed E-state index contributed by atoms with van der Waals surface area (Å²) in [6.07, 6.45) is 22.7. The summed E-state index contributed by atoms with van der Waals surface area (Å²) in [4.78, 5) is 0. The molecule has 0 fully saturated rings. The molecule has 0 aromatic carbocycles. The summed E-state index contributed by atoms with van der Waals surface area (Å²) in [5.41, 5.74) is 7.53. The van der Waals surface area contributed by atoms with Crippen LogP contribution in [0.1, 0.15) is 106 Å². The van der Waals surface area contributed by atoms with Gasteiger partial charge in [0.1, 0.15) is 0 Å². The summed E-state index contributed by atoms with van der Waals surface area (Å²) in [7, 11) is 0. The lowest BCUT2D eigenvalue weighted by Crippen LogP contribution is -1.82. The summed E-state index contributed by atoms with van der Waals surface area (Å²) in [5.74, 6) is 0. The summed E-state index contributed by atoms with van der Waals surface area (Å²) >= 11 is 0. The molecule has 0 amide bonds. The Kier molecular flexibility index (Phi) is 15.1. The van der Waals surface area contributed by atoms with Crippen molar-refractivity contribution in [2.75, 3.05) is 0 Å². The zero-order valence-electron chi connectivity index (χ0n) is 18.8. The minimum atomic E-state index is 1.18. The van der Waals surface area contributed by atoms with E-state index in [9.17, 15) is 0 Å². The van der Waals surface area contributed by atoms with Crippen molar-refractivity contribution >= 4 is 0 Å². The molecule has 0 heterocycles. The zero-order valence-corrected chi connectivity index (χ0v) is 18.8. The van der Waals surface area contributed by atoms with Crippen molar-refractivity contribution in [3.63, 3.8) is 0 Å². The summed E-state index contributed by atoms with van der Waals surface area (Å²) in [6, 6.07) is 0. The van der Waals surface area contributed by atoms with Gasteiger partial charge in [0.25, 0.3) is 0 Å². The standard InChI is InChI=1S/C26H44/c1-8-23(4)17-12-19-24(5)15-9-10-16-25(6)20-13-21-26(7)18-11-14-22(2)3/h14-17,21H,8-13,18-20H2,1-7H3. The van der Waals surface area contributed by atoms with E-state index in [-0.39, 0.29) is 0 Å². The molecule has 148 valence electrons. The van der Waals surface area contributed by atoms with Crippen molar-refractivity contribution in [3.8, 4) is 0 Å². The minimum absolute atomic E-state index is 1.18. The predicted octanol–water partition coefficient (Wildman–Crippen LogP) is 9.27. The number of hydrogen-bond acceptors (Lipinski definition) is 0. The van der Waals surface area contributed by atoms with Crippen molar-refractivity contribution in [1.82, 2.24) is 0 Å². The maximum absolute atomic E-state index is 2.43. The normalized spacial score (nSPS) is 14.0. The smallest absolute Gasteiger partial charge is 0.0288 e. The van der Waals surface area contributed by atoms with Gasteiger partial charge in [-0.25, -0.2) is 0 Å². The summed E-state index contributed by atoms with van der Waals surface area (Å²) in [6.45, 7) is 15.6. The van der Waals surface area contributed by atoms with Crippen molar-refractivity contribution in [1.29, 1.82) is 0 Å². The number of hydrogen-bond donors (Lipinski definition) is 0. The Bertz CT molecular complexity index is 516. The highest BCUT2D eigenvalue weighted by atomic mass is 14.0. The fraction of sp³-hybridized carbons (Fsp3) is 0.615. The monoisotopic (exact) mass is 356 g/mol. The average Bonchev–Trinajstić information content (AvgIpc) is 2.58. The SMILES string of the molecule is CCC(C)=CCCC(C)=CCCC=C(C)CCC=C(C)CCC=C(C)C. The second-order valence-electron chi connectivity index (χ2n) is 8.03. The lowest BCUT2D eigenvalue weighted by molar-refractivity contribution is 0.900. The molecule has 0 radical (unpaired) electrons. The molecule has 0 aliphatic rings. The molecular formula is C26H44. The van der Waals surface area contributed by atoms with E-state index in [0.29, 0.717) is 0 Å². The van der Waals surface area contributed by atoms with Crippen LogP contribution in [-0.2, 0) is 0 Å². The molecule has 26 heavy (non-hydrogen) atoms. The first-order chi connectivity index (χ1) is 12.3. The largest absolute Gasteiger partial charge is 0.0856 e. The molecule has 0 rings (SSSR count). The van der Waals surface area contributed by atoms with Crippen LogP contribution in [0.3, 0.4) is 0 Å². The lowest BCUT2D eigenvalue weighted by Gasteiger charge is -2.02. The van der Waals surface area contributed by atoms with Crippen molar-refractivity contribution < 1.29 is 0 Å². The molecule has 0 bridgehead atoms. The fourth-order valence-corrected chi connectivity index (χ4v) is 2.79. The number of unbranched alkanes of at least 4 members (excludes halogenated alkanes) is 1. The first kappa shape index (κ1) is 24.7. The highest BCUT2D eigenvalue weighted by molar-refractivity contribution is 5.07. The Morgan fingerprint density at radius 1 is 0.462 bits per heavy atom. The van der Waals surface area contributed by atoms with E-state index >= 15 is 0 Å². The fourth-order valence-electron chi connectivity index (χ4n) is 2.79. The van der Waals surface area contributed by atoms with Gasteiger partial charge in [-0.15, -0.1) is 0 Å². The van der Waals surface area contributed by atoms with Crippen molar-refractivity contribution in [2.24, 2.45) is 0 Å². The average molecular weight is 357 g/mol. The van der Waals surface area contributed by atoms with Gasteiger partial charge in [-0.05, 0) is 99.3 Å². The summed E-state index contributed by atoms with van der Waals surface area (Å²) in [5, 5.41) is 0. The highest BCUT2D eigenvalue weighted by Gasteiger charge is 1.93. The molecule has 0 aliphatic carbocycles. The van der Waals surface area contributed by atoms with E-state index in [1.165, 1.54) is 85.7 Å². The second kappa shape index (κ2) is 15.9. The molecule has 0 atom stereocenters. The molecule has 0 nitrogen and oxygen atoms in total. The lowest BCUT2D eigenvalue weighted by atomic mass is 10.0. The topological polar surface area (TPSA) is 0 Å². The molecular weight excluding hydrogens is 312 g/mol. The molecule has 0 spiro atoms. The predicted molar refractivity (Wildman–Crippen MR) is 122 cm³/mol. The van der Waals surface area contributed by atoms with Gasteiger partial charge in [0.05, 0.1) is 0 Å². The van der Waals surface area contributed by atoms with E-state index in [2.05, 4.69) is 78.8 Å². The van der Waals surface area contributed by atoms with E-state index in [1.807, 2.05) is 0 Å². The van der Waals surface area contributed by atoms with E-state index in [4.69, 9.17) is 0 Å². The third kappa shape index (κ3) is 16.2. The molecule has 0 N–H and O–H groups in total. The Morgan fingerprint density at radius 2 is 0.808 bits per heavy atom. The zero-order chi connectivity index (χ0) is 19.8.